The highest BCUT2D eigenvalue weighted by Crippen LogP contribution is 2.32. The molecule has 1 aliphatic rings. The molecule has 142 valence electrons. The van der Waals surface area contributed by atoms with E-state index in [4.69, 9.17) is 18.7 Å². The summed E-state index contributed by atoms with van der Waals surface area (Å²) < 4.78 is 34.1. The fourth-order valence-electron chi connectivity index (χ4n) is 2.74. The molecule has 2 heterocycles. The molecule has 0 atom stereocenters. The lowest BCUT2D eigenvalue weighted by atomic mass is 10.1. The number of esters is 1. The number of hydrogen-bond acceptors (Lipinski definition) is 6. The van der Waals surface area contributed by atoms with E-state index in [1.165, 1.54) is 18.2 Å². The van der Waals surface area contributed by atoms with Gasteiger partial charge in [-0.2, -0.15) is 0 Å². The first-order chi connectivity index (χ1) is 13.6. The van der Waals surface area contributed by atoms with E-state index in [2.05, 4.69) is 5.16 Å². The molecule has 0 aliphatic carbocycles. The second kappa shape index (κ2) is 7.56. The van der Waals surface area contributed by atoms with Gasteiger partial charge in [-0.15, -0.1) is 0 Å². The zero-order valence-corrected chi connectivity index (χ0v) is 15.0. The van der Waals surface area contributed by atoms with Gasteiger partial charge in [-0.3, -0.25) is 0 Å². The first-order valence-electron chi connectivity index (χ1n) is 8.56. The molecule has 0 N–H and O–H groups in total. The average molecular weight is 381 g/mol. The third-order valence-corrected chi connectivity index (χ3v) is 4.29. The molecule has 1 aliphatic heterocycles. The number of rotatable bonds is 5. The van der Waals surface area contributed by atoms with E-state index in [1.807, 2.05) is 6.07 Å². The largest absolute Gasteiger partial charge is 0.456 e. The number of carbonyl (C=O) groups is 1. The van der Waals surface area contributed by atoms with Crippen molar-refractivity contribution >= 4 is 12.0 Å². The molecule has 2 aromatic carbocycles. The van der Waals surface area contributed by atoms with Gasteiger partial charge in [-0.1, -0.05) is 11.2 Å². The first kappa shape index (κ1) is 17.8. The fraction of sp³-hybridized carbons (Fsp3) is 0.143. The van der Waals surface area contributed by atoms with Crippen LogP contribution in [0.1, 0.15) is 16.8 Å². The van der Waals surface area contributed by atoms with E-state index in [9.17, 15) is 9.18 Å². The molecule has 28 heavy (non-hydrogen) atoms. The summed E-state index contributed by atoms with van der Waals surface area (Å²) in [7, 11) is 0. The van der Waals surface area contributed by atoms with Gasteiger partial charge in [0.1, 0.15) is 18.1 Å². The lowest BCUT2D eigenvalue weighted by molar-refractivity contribution is -0.139. The Morgan fingerprint density at radius 1 is 1.18 bits per heavy atom. The van der Waals surface area contributed by atoms with Crippen LogP contribution in [0, 0.1) is 12.7 Å². The molecule has 4 rings (SSSR count). The molecular formula is C21H16FNO5. The molecule has 0 radical (unpaired) electrons. The van der Waals surface area contributed by atoms with Gasteiger partial charge in [-0.25, -0.2) is 9.18 Å². The Hall–Kier alpha value is -3.61. The molecular weight excluding hydrogens is 365 g/mol. The maximum Gasteiger partial charge on any atom is 0.331 e. The maximum absolute atomic E-state index is 13.1. The van der Waals surface area contributed by atoms with Gasteiger partial charge in [0.05, 0.1) is 0 Å². The number of carbonyl (C=O) groups excluding carboxylic acids is 1. The Labute approximate surface area is 160 Å². The number of hydrogen-bond donors (Lipinski definition) is 0. The number of nitrogens with zero attached hydrogens (tertiary/aromatic N) is 1. The highest BCUT2D eigenvalue weighted by molar-refractivity contribution is 5.87. The van der Waals surface area contributed by atoms with Crippen LogP contribution in [0.5, 0.6) is 11.5 Å². The van der Waals surface area contributed by atoms with Crippen LogP contribution in [-0.2, 0) is 16.1 Å². The zero-order valence-electron chi connectivity index (χ0n) is 15.0. The van der Waals surface area contributed by atoms with E-state index in [0.29, 0.717) is 28.5 Å². The predicted octanol–water partition coefficient (Wildman–Crippen LogP) is 4.27. The number of fused-ring (bicyclic) bond motifs is 1. The summed E-state index contributed by atoms with van der Waals surface area (Å²) in [6, 6.07) is 11.3. The summed E-state index contributed by atoms with van der Waals surface area (Å²) in [6.07, 6.45) is 2.96. The van der Waals surface area contributed by atoms with Gasteiger partial charge in [0.15, 0.2) is 17.3 Å². The molecule has 6 nitrogen and oxygen atoms in total. The maximum atomic E-state index is 13.1. The molecule has 3 aromatic rings. The molecule has 0 saturated heterocycles. The highest BCUT2D eigenvalue weighted by Gasteiger charge is 2.15. The molecule has 0 unspecified atom stereocenters. The Kier molecular flexibility index (Phi) is 4.80. The lowest BCUT2D eigenvalue weighted by Gasteiger charge is -2.01. The summed E-state index contributed by atoms with van der Waals surface area (Å²) >= 11 is 0. The summed E-state index contributed by atoms with van der Waals surface area (Å²) in [4.78, 5) is 12.0. The number of aromatic nitrogens is 1. The molecule has 0 amide bonds. The third-order valence-electron chi connectivity index (χ3n) is 4.29. The molecule has 0 saturated carbocycles. The van der Waals surface area contributed by atoms with Crippen molar-refractivity contribution in [3.8, 4) is 22.8 Å². The van der Waals surface area contributed by atoms with Gasteiger partial charge in [0.25, 0.3) is 0 Å². The molecule has 1 aromatic heterocycles. The quantitative estimate of drug-likeness (QED) is 0.485. The van der Waals surface area contributed by atoms with Gasteiger partial charge in [-0.05, 0) is 55.0 Å². The first-order valence-corrected chi connectivity index (χ1v) is 8.56. The SMILES string of the molecule is Cc1c(COC(=O)/C=C/c2ccc3c(c2)OCO3)noc1-c1ccc(F)cc1. The van der Waals surface area contributed by atoms with Gasteiger partial charge >= 0.3 is 5.97 Å². The monoisotopic (exact) mass is 381 g/mol. The molecule has 0 spiro atoms. The van der Waals surface area contributed by atoms with Crippen molar-refractivity contribution in [1.82, 2.24) is 5.16 Å². The van der Waals surface area contributed by atoms with Crippen LogP contribution in [0.15, 0.2) is 53.1 Å². The van der Waals surface area contributed by atoms with Crippen molar-refractivity contribution < 1.29 is 27.9 Å². The van der Waals surface area contributed by atoms with E-state index >= 15 is 0 Å². The zero-order chi connectivity index (χ0) is 19.5. The van der Waals surface area contributed by atoms with Crippen molar-refractivity contribution in [1.29, 1.82) is 0 Å². The normalized spacial score (nSPS) is 12.5. The average Bonchev–Trinajstić information content (AvgIpc) is 3.31. The van der Waals surface area contributed by atoms with E-state index in [0.717, 1.165) is 11.1 Å². The molecule has 0 fully saturated rings. The number of benzene rings is 2. The Balaban J connectivity index is 1.38. The second-order valence-corrected chi connectivity index (χ2v) is 6.14. The molecule has 7 heteroatoms. The van der Waals surface area contributed by atoms with E-state index in [1.54, 1.807) is 37.3 Å². The third kappa shape index (κ3) is 3.73. The lowest BCUT2D eigenvalue weighted by Crippen LogP contribution is -2.02. The van der Waals surface area contributed by atoms with Crippen molar-refractivity contribution in [3.63, 3.8) is 0 Å². The standard InChI is InChI=1S/C21H16FNO5/c1-13-17(23-28-21(13)15-4-6-16(22)7-5-15)11-25-20(24)9-3-14-2-8-18-19(10-14)27-12-26-18/h2-10H,11-12H2,1H3/b9-3+. The van der Waals surface area contributed by atoms with Crippen LogP contribution in [0.25, 0.3) is 17.4 Å². The smallest absolute Gasteiger partial charge is 0.331 e. The predicted molar refractivity (Wildman–Crippen MR) is 98.0 cm³/mol. The second-order valence-electron chi connectivity index (χ2n) is 6.14. The Morgan fingerprint density at radius 2 is 1.96 bits per heavy atom. The van der Waals surface area contributed by atoms with E-state index in [-0.39, 0.29) is 19.2 Å². The van der Waals surface area contributed by atoms with Crippen LogP contribution in [0.3, 0.4) is 0 Å². The van der Waals surface area contributed by atoms with Crippen LogP contribution in [-0.4, -0.2) is 17.9 Å². The van der Waals surface area contributed by atoms with Gasteiger partial charge in [0.2, 0.25) is 6.79 Å². The minimum atomic E-state index is -0.511. The summed E-state index contributed by atoms with van der Waals surface area (Å²) in [6.45, 7) is 1.98. The summed E-state index contributed by atoms with van der Waals surface area (Å²) in [5.41, 5.74) is 2.73. The number of halogens is 1. The van der Waals surface area contributed by atoms with Crippen LogP contribution < -0.4 is 9.47 Å². The Bertz CT molecular complexity index is 1040. The fourth-order valence-corrected chi connectivity index (χ4v) is 2.74. The van der Waals surface area contributed by atoms with Gasteiger partial charge in [0, 0.05) is 17.2 Å². The molecule has 0 bridgehead atoms. The number of ether oxygens (including phenoxy) is 3. The highest BCUT2D eigenvalue weighted by atomic mass is 19.1. The minimum Gasteiger partial charge on any atom is -0.456 e. The van der Waals surface area contributed by atoms with Crippen molar-refractivity contribution in [2.75, 3.05) is 6.79 Å². The van der Waals surface area contributed by atoms with Crippen LogP contribution in [0.4, 0.5) is 4.39 Å². The van der Waals surface area contributed by atoms with Crippen LogP contribution in [0.2, 0.25) is 0 Å². The summed E-state index contributed by atoms with van der Waals surface area (Å²) in [5.74, 6) is 0.995. The topological polar surface area (TPSA) is 70.8 Å². The Morgan fingerprint density at radius 3 is 2.79 bits per heavy atom. The van der Waals surface area contributed by atoms with Crippen molar-refractivity contribution in [2.24, 2.45) is 0 Å². The van der Waals surface area contributed by atoms with Crippen molar-refractivity contribution in [2.45, 2.75) is 13.5 Å². The van der Waals surface area contributed by atoms with E-state index < -0.39 is 5.97 Å². The van der Waals surface area contributed by atoms with Crippen molar-refractivity contribution in [3.05, 3.63) is 71.2 Å². The van der Waals surface area contributed by atoms with Crippen LogP contribution >= 0.6 is 0 Å². The van der Waals surface area contributed by atoms with Gasteiger partial charge < -0.3 is 18.7 Å². The minimum absolute atomic E-state index is 0.0269. The summed E-state index contributed by atoms with van der Waals surface area (Å²) in [5, 5.41) is 3.94.